The molecule has 0 radical (unpaired) electrons. The van der Waals surface area contributed by atoms with Gasteiger partial charge in [0.25, 0.3) is 0 Å². The largest absolute Gasteiger partial charge is 0.477 e. The highest BCUT2D eigenvalue weighted by atomic mass is 35.5. The number of nitrogens with one attached hydrogen (secondary N) is 1. The molecule has 0 atom stereocenters. The lowest BCUT2D eigenvalue weighted by atomic mass is 10.2. The third-order valence-corrected chi connectivity index (χ3v) is 3.81. The second-order valence-electron chi connectivity index (χ2n) is 4.04. The molecule has 0 saturated heterocycles. The Morgan fingerprint density at radius 3 is 2.71 bits per heavy atom. The van der Waals surface area contributed by atoms with E-state index in [4.69, 9.17) is 28.3 Å². The zero-order valence-electron chi connectivity index (χ0n) is 10.2. The molecule has 0 amide bonds. The molecule has 0 spiro atoms. The zero-order valence-corrected chi connectivity index (χ0v) is 12.5. The second kappa shape index (κ2) is 5.44. The summed E-state index contributed by atoms with van der Waals surface area (Å²) in [6.07, 6.45) is 1.39. The molecule has 1 aromatic carbocycles. The van der Waals surface area contributed by atoms with Gasteiger partial charge in [-0.15, -0.1) is 0 Å². The van der Waals surface area contributed by atoms with Crippen LogP contribution in [0.15, 0.2) is 24.4 Å². The van der Waals surface area contributed by atoms with Crippen molar-refractivity contribution in [1.29, 1.82) is 0 Å². The van der Waals surface area contributed by atoms with Crippen molar-refractivity contribution >= 4 is 63.3 Å². The van der Waals surface area contributed by atoms with Gasteiger partial charge in [-0.1, -0.05) is 23.2 Å². The molecule has 0 unspecified atom stereocenters. The van der Waals surface area contributed by atoms with Crippen LogP contribution in [-0.2, 0) is 0 Å². The van der Waals surface area contributed by atoms with Crippen molar-refractivity contribution in [2.75, 3.05) is 5.32 Å². The standard InChI is InChI=1S/C12H6Cl2N4O2S/c13-6-4-7(14)10-11(18-21-17-10)9(6)16-5-1-2-15-8(3-5)12(19)20/h1-4H,(H,15,16)(H,19,20). The quantitative estimate of drug-likeness (QED) is 0.753. The monoisotopic (exact) mass is 340 g/mol. The first-order valence-corrected chi connectivity index (χ1v) is 7.11. The second-order valence-corrected chi connectivity index (χ2v) is 5.38. The van der Waals surface area contributed by atoms with Gasteiger partial charge in [-0.2, -0.15) is 8.75 Å². The first kappa shape index (κ1) is 14.0. The summed E-state index contributed by atoms with van der Waals surface area (Å²) < 4.78 is 8.26. The Morgan fingerprint density at radius 2 is 1.95 bits per heavy atom. The molecule has 6 nitrogen and oxygen atoms in total. The van der Waals surface area contributed by atoms with Gasteiger partial charge in [0, 0.05) is 11.9 Å². The van der Waals surface area contributed by atoms with Gasteiger partial charge in [0.15, 0.2) is 0 Å². The third-order valence-electron chi connectivity index (χ3n) is 2.69. The van der Waals surface area contributed by atoms with Gasteiger partial charge in [0.1, 0.15) is 16.7 Å². The number of aromatic nitrogens is 3. The Morgan fingerprint density at radius 1 is 1.19 bits per heavy atom. The lowest BCUT2D eigenvalue weighted by molar-refractivity contribution is 0.0690. The summed E-state index contributed by atoms with van der Waals surface area (Å²) in [5, 5.41) is 12.8. The molecule has 2 aromatic heterocycles. The Kier molecular flexibility index (Phi) is 3.62. The van der Waals surface area contributed by atoms with Crippen LogP contribution in [0.5, 0.6) is 0 Å². The molecule has 3 aromatic rings. The van der Waals surface area contributed by atoms with Crippen molar-refractivity contribution in [2.45, 2.75) is 0 Å². The lowest BCUT2D eigenvalue weighted by Crippen LogP contribution is -2.01. The van der Waals surface area contributed by atoms with Crippen LogP contribution in [-0.4, -0.2) is 24.8 Å². The minimum Gasteiger partial charge on any atom is -0.477 e. The molecule has 3 rings (SSSR count). The van der Waals surface area contributed by atoms with Gasteiger partial charge in [-0.3, -0.25) is 0 Å². The number of aromatic carboxylic acids is 1. The molecule has 0 aliphatic heterocycles. The highest BCUT2D eigenvalue weighted by Gasteiger charge is 2.15. The summed E-state index contributed by atoms with van der Waals surface area (Å²) >= 11 is 13.2. The molecule has 0 aliphatic rings. The van der Waals surface area contributed by atoms with Gasteiger partial charge < -0.3 is 10.4 Å². The fourth-order valence-corrected chi connectivity index (χ4v) is 2.92. The Balaban J connectivity index is 2.08. The van der Waals surface area contributed by atoms with Crippen molar-refractivity contribution in [1.82, 2.24) is 13.7 Å². The van der Waals surface area contributed by atoms with E-state index in [9.17, 15) is 4.79 Å². The van der Waals surface area contributed by atoms with Gasteiger partial charge >= 0.3 is 5.97 Å². The van der Waals surface area contributed by atoms with Crippen LogP contribution < -0.4 is 5.32 Å². The number of anilines is 2. The molecular formula is C12H6Cl2N4O2S. The molecule has 21 heavy (non-hydrogen) atoms. The summed E-state index contributed by atoms with van der Waals surface area (Å²) in [5.74, 6) is -1.11. The Bertz CT molecular complexity index is 852. The van der Waals surface area contributed by atoms with Gasteiger partial charge in [0.2, 0.25) is 0 Å². The molecule has 106 valence electrons. The highest BCUT2D eigenvalue weighted by Crippen LogP contribution is 2.36. The molecule has 0 aliphatic carbocycles. The van der Waals surface area contributed by atoms with Crippen LogP contribution in [0, 0.1) is 0 Å². The van der Waals surface area contributed by atoms with Gasteiger partial charge in [-0.05, 0) is 18.2 Å². The fraction of sp³-hybridized carbons (Fsp3) is 0. The van der Waals surface area contributed by atoms with Crippen LogP contribution in [0.25, 0.3) is 11.0 Å². The van der Waals surface area contributed by atoms with Crippen LogP contribution >= 0.6 is 34.9 Å². The highest BCUT2D eigenvalue weighted by molar-refractivity contribution is 7.00. The number of nitrogens with zero attached hydrogens (tertiary/aromatic N) is 3. The molecule has 0 fully saturated rings. The SMILES string of the molecule is O=C(O)c1cc(Nc2c(Cl)cc(Cl)c3nsnc23)ccn1. The maximum atomic E-state index is 10.9. The van der Waals surface area contributed by atoms with Crippen molar-refractivity contribution in [3.05, 3.63) is 40.1 Å². The fourth-order valence-electron chi connectivity index (χ4n) is 1.76. The number of halogens is 2. The van der Waals surface area contributed by atoms with Crippen LogP contribution in [0.2, 0.25) is 10.0 Å². The maximum Gasteiger partial charge on any atom is 0.354 e. The lowest BCUT2D eigenvalue weighted by Gasteiger charge is -2.09. The first-order valence-electron chi connectivity index (χ1n) is 5.63. The minimum atomic E-state index is -1.11. The normalized spacial score (nSPS) is 10.8. The summed E-state index contributed by atoms with van der Waals surface area (Å²) in [5.41, 5.74) is 2.05. The van der Waals surface area contributed by atoms with Crippen molar-refractivity contribution < 1.29 is 9.90 Å². The predicted octanol–water partition coefficient (Wildman–Crippen LogP) is 3.83. The Labute approximate surface area is 132 Å². The number of rotatable bonds is 3. The predicted molar refractivity (Wildman–Crippen MR) is 81.9 cm³/mol. The van der Waals surface area contributed by atoms with E-state index in [0.29, 0.717) is 32.5 Å². The van der Waals surface area contributed by atoms with E-state index in [1.807, 2.05) is 0 Å². The smallest absolute Gasteiger partial charge is 0.354 e. The van der Waals surface area contributed by atoms with Crippen molar-refractivity contribution in [2.24, 2.45) is 0 Å². The summed E-state index contributed by atoms with van der Waals surface area (Å²) in [4.78, 5) is 14.7. The van der Waals surface area contributed by atoms with E-state index in [-0.39, 0.29) is 5.69 Å². The van der Waals surface area contributed by atoms with Crippen LogP contribution in [0.1, 0.15) is 10.5 Å². The number of hydrogen-bond acceptors (Lipinski definition) is 6. The molecule has 0 bridgehead atoms. The number of benzene rings is 1. The number of carboxylic acids is 1. The molecule has 0 saturated carbocycles. The van der Waals surface area contributed by atoms with Gasteiger partial charge in [-0.25, -0.2) is 9.78 Å². The van der Waals surface area contributed by atoms with E-state index in [2.05, 4.69) is 19.0 Å². The van der Waals surface area contributed by atoms with E-state index >= 15 is 0 Å². The molecule has 2 heterocycles. The number of fused-ring (bicyclic) bond motifs is 1. The van der Waals surface area contributed by atoms with Gasteiger partial charge in [0.05, 0.1) is 27.5 Å². The maximum absolute atomic E-state index is 10.9. The van der Waals surface area contributed by atoms with Crippen LogP contribution in [0.4, 0.5) is 11.4 Å². The number of carbonyl (C=O) groups is 1. The summed E-state index contributed by atoms with van der Waals surface area (Å²) in [6, 6.07) is 4.59. The zero-order chi connectivity index (χ0) is 15.0. The van der Waals surface area contributed by atoms with E-state index in [1.165, 1.54) is 12.3 Å². The topological polar surface area (TPSA) is 88.0 Å². The molecule has 9 heteroatoms. The summed E-state index contributed by atoms with van der Waals surface area (Å²) in [6.45, 7) is 0. The number of pyridine rings is 1. The average Bonchev–Trinajstić information content (AvgIpc) is 2.93. The van der Waals surface area contributed by atoms with E-state index in [0.717, 1.165) is 11.7 Å². The first-order chi connectivity index (χ1) is 10.1. The van der Waals surface area contributed by atoms with Crippen molar-refractivity contribution in [3.63, 3.8) is 0 Å². The third kappa shape index (κ3) is 2.63. The van der Waals surface area contributed by atoms with E-state index < -0.39 is 5.97 Å². The van der Waals surface area contributed by atoms with Crippen molar-refractivity contribution in [3.8, 4) is 0 Å². The molecule has 2 N–H and O–H groups in total. The molecular weight excluding hydrogens is 335 g/mol. The number of hydrogen-bond donors (Lipinski definition) is 2. The Hall–Kier alpha value is -1.96. The average molecular weight is 341 g/mol. The van der Waals surface area contributed by atoms with Crippen LogP contribution in [0.3, 0.4) is 0 Å². The minimum absolute atomic E-state index is 0.0715. The van der Waals surface area contributed by atoms with E-state index in [1.54, 1.807) is 12.1 Å². The number of carboxylic acid groups (broad SMARTS) is 1. The summed E-state index contributed by atoms with van der Waals surface area (Å²) in [7, 11) is 0.